The average Bonchev–Trinajstić information content (AvgIpc) is 2.24. The Kier molecular flexibility index (Phi) is 2.21. The second kappa shape index (κ2) is 3.59. The Morgan fingerprint density at radius 3 is 2.62 bits per heavy atom. The van der Waals surface area contributed by atoms with E-state index in [1.165, 1.54) is 18.4 Å². The number of nitrogens with two attached hydrogens (primary N) is 2. The molecule has 1 fully saturated rings. The van der Waals surface area contributed by atoms with Gasteiger partial charge in [-0.05, 0) is 25.7 Å². The second-order valence-corrected chi connectivity index (χ2v) is 4.70. The summed E-state index contributed by atoms with van der Waals surface area (Å²) in [5, 5.41) is 0. The highest BCUT2D eigenvalue weighted by Gasteiger charge is 2.28. The standard InChI is InChI=1S/C11H17N5/c12-7-5-16(6-7)10-8-3-1-2-4-9(8)14-11(13)15-10/h7H,1-6,12H2,(H2,13,14,15). The number of aryl methyl sites for hydroxylation is 1. The van der Waals surface area contributed by atoms with Gasteiger partial charge in [0, 0.05) is 24.7 Å². The van der Waals surface area contributed by atoms with Gasteiger partial charge >= 0.3 is 0 Å². The number of hydrogen-bond donors (Lipinski definition) is 2. The molecule has 0 saturated carbocycles. The molecule has 4 N–H and O–H groups in total. The lowest BCUT2D eigenvalue weighted by Crippen LogP contribution is -2.56. The number of hydrogen-bond acceptors (Lipinski definition) is 5. The maximum Gasteiger partial charge on any atom is 0.222 e. The lowest BCUT2D eigenvalue weighted by Gasteiger charge is -2.39. The Bertz CT molecular complexity index is 411. The number of nitrogen functional groups attached to an aromatic ring is 1. The van der Waals surface area contributed by atoms with Gasteiger partial charge in [0.2, 0.25) is 5.95 Å². The minimum absolute atomic E-state index is 0.287. The second-order valence-electron chi connectivity index (χ2n) is 4.70. The van der Waals surface area contributed by atoms with Gasteiger partial charge in [-0.3, -0.25) is 0 Å². The van der Waals surface area contributed by atoms with Gasteiger partial charge in [-0.2, -0.15) is 4.98 Å². The van der Waals surface area contributed by atoms with Gasteiger partial charge in [0.15, 0.2) is 0 Å². The van der Waals surface area contributed by atoms with Crippen LogP contribution in [-0.2, 0) is 12.8 Å². The first kappa shape index (κ1) is 9.84. The van der Waals surface area contributed by atoms with Gasteiger partial charge in [0.25, 0.3) is 0 Å². The zero-order valence-corrected chi connectivity index (χ0v) is 9.32. The van der Waals surface area contributed by atoms with Crippen LogP contribution in [0, 0.1) is 0 Å². The lowest BCUT2D eigenvalue weighted by molar-refractivity contribution is 0.509. The van der Waals surface area contributed by atoms with Crippen LogP contribution in [0.15, 0.2) is 0 Å². The summed E-state index contributed by atoms with van der Waals surface area (Å²) in [5.41, 5.74) is 14.0. The fourth-order valence-electron chi connectivity index (χ4n) is 2.54. The molecule has 0 aromatic carbocycles. The van der Waals surface area contributed by atoms with E-state index in [1.807, 2.05) is 0 Å². The Morgan fingerprint density at radius 2 is 1.88 bits per heavy atom. The molecular weight excluding hydrogens is 202 g/mol. The highest BCUT2D eigenvalue weighted by Crippen LogP contribution is 2.30. The quantitative estimate of drug-likeness (QED) is 0.699. The van der Waals surface area contributed by atoms with Crippen LogP contribution in [-0.4, -0.2) is 29.1 Å². The topological polar surface area (TPSA) is 81.1 Å². The summed E-state index contributed by atoms with van der Waals surface area (Å²) in [6, 6.07) is 0.287. The van der Waals surface area contributed by atoms with Gasteiger partial charge in [0.05, 0.1) is 5.69 Å². The van der Waals surface area contributed by atoms with E-state index in [0.717, 1.165) is 37.4 Å². The summed E-state index contributed by atoms with van der Waals surface area (Å²) in [4.78, 5) is 10.9. The monoisotopic (exact) mass is 219 g/mol. The van der Waals surface area contributed by atoms with Crippen molar-refractivity contribution in [1.82, 2.24) is 9.97 Å². The molecule has 1 aliphatic heterocycles. The van der Waals surface area contributed by atoms with Crippen molar-refractivity contribution in [3.05, 3.63) is 11.3 Å². The summed E-state index contributed by atoms with van der Waals surface area (Å²) in [6.07, 6.45) is 4.56. The molecule has 0 unspecified atom stereocenters. The molecule has 2 heterocycles. The first-order chi connectivity index (χ1) is 7.74. The summed E-state index contributed by atoms with van der Waals surface area (Å²) in [7, 11) is 0. The van der Waals surface area contributed by atoms with Gasteiger partial charge in [-0.25, -0.2) is 4.98 Å². The van der Waals surface area contributed by atoms with Gasteiger partial charge in [0.1, 0.15) is 5.82 Å². The van der Waals surface area contributed by atoms with Crippen molar-refractivity contribution in [2.45, 2.75) is 31.7 Å². The summed E-state index contributed by atoms with van der Waals surface area (Å²) < 4.78 is 0. The van der Waals surface area contributed by atoms with Crippen molar-refractivity contribution >= 4 is 11.8 Å². The van der Waals surface area contributed by atoms with Crippen LogP contribution < -0.4 is 16.4 Å². The van der Waals surface area contributed by atoms with E-state index < -0.39 is 0 Å². The lowest BCUT2D eigenvalue weighted by atomic mass is 9.95. The minimum Gasteiger partial charge on any atom is -0.368 e. The van der Waals surface area contributed by atoms with E-state index >= 15 is 0 Å². The molecule has 86 valence electrons. The molecule has 1 aromatic heterocycles. The molecule has 5 nitrogen and oxygen atoms in total. The van der Waals surface area contributed by atoms with E-state index in [0.29, 0.717) is 5.95 Å². The van der Waals surface area contributed by atoms with Crippen LogP contribution in [0.4, 0.5) is 11.8 Å². The van der Waals surface area contributed by atoms with E-state index in [-0.39, 0.29) is 6.04 Å². The molecule has 0 radical (unpaired) electrons. The third-order valence-corrected chi connectivity index (χ3v) is 3.39. The van der Waals surface area contributed by atoms with E-state index in [9.17, 15) is 0 Å². The zero-order valence-electron chi connectivity index (χ0n) is 9.32. The molecule has 1 aliphatic carbocycles. The van der Waals surface area contributed by atoms with Crippen LogP contribution >= 0.6 is 0 Å². The predicted molar refractivity (Wildman–Crippen MR) is 63.3 cm³/mol. The molecule has 0 atom stereocenters. The molecule has 0 amide bonds. The Balaban J connectivity index is 1.99. The predicted octanol–water partition coefficient (Wildman–Crippen LogP) is 0.0849. The summed E-state index contributed by atoms with van der Waals surface area (Å²) >= 11 is 0. The van der Waals surface area contributed by atoms with Gasteiger partial charge < -0.3 is 16.4 Å². The van der Waals surface area contributed by atoms with Crippen molar-refractivity contribution in [2.24, 2.45) is 5.73 Å². The summed E-state index contributed by atoms with van der Waals surface area (Å²) in [6.45, 7) is 1.78. The van der Waals surface area contributed by atoms with Crippen LogP contribution in [0.2, 0.25) is 0 Å². The van der Waals surface area contributed by atoms with Gasteiger partial charge in [-0.15, -0.1) is 0 Å². The molecule has 2 aliphatic rings. The van der Waals surface area contributed by atoms with Crippen molar-refractivity contribution in [2.75, 3.05) is 23.7 Å². The molecule has 1 aromatic rings. The van der Waals surface area contributed by atoms with Crippen molar-refractivity contribution in [1.29, 1.82) is 0 Å². The van der Waals surface area contributed by atoms with Gasteiger partial charge in [-0.1, -0.05) is 0 Å². The maximum atomic E-state index is 5.80. The third kappa shape index (κ3) is 1.51. The number of rotatable bonds is 1. The minimum atomic E-state index is 0.287. The first-order valence-corrected chi connectivity index (χ1v) is 5.90. The number of anilines is 2. The molecule has 3 rings (SSSR count). The number of nitrogens with zero attached hydrogens (tertiary/aromatic N) is 3. The Morgan fingerprint density at radius 1 is 1.12 bits per heavy atom. The molecular formula is C11H17N5. The van der Waals surface area contributed by atoms with Crippen molar-refractivity contribution in [3.8, 4) is 0 Å². The number of aromatic nitrogens is 2. The normalized spacial score (nSPS) is 20.4. The largest absolute Gasteiger partial charge is 0.368 e. The average molecular weight is 219 g/mol. The SMILES string of the molecule is Nc1nc2c(c(N3CC(N)C3)n1)CCCC2. The van der Waals surface area contributed by atoms with Crippen molar-refractivity contribution < 1.29 is 0 Å². The molecule has 16 heavy (non-hydrogen) atoms. The highest BCUT2D eigenvalue weighted by molar-refractivity contribution is 5.54. The van der Waals surface area contributed by atoms with E-state index in [2.05, 4.69) is 14.9 Å². The van der Waals surface area contributed by atoms with Crippen molar-refractivity contribution in [3.63, 3.8) is 0 Å². The highest BCUT2D eigenvalue weighted by atomic mass is 15.3. The smallest absolute Gasteiger partial charge is 0.222 e. The maximum absolute atomic E-state index is 5.80. The molecule has 0 spiro atoms. The van der Waals surface area contributed by atoms with Crippen LogP contribution in [0.5, 0.6) is 0 Å². The fraction of sp³-hybridized carbons (Fsp3) is 0.636. The van der Waals surface area contributed by atoms with E-state index in [4.69, 9.17) is 11.5 Å². The third-order valence-electron chi connectivity index (χ3n) is 3.39. The molecule has 5 heteroatoms. The van der Waals surface area contributed by atoms with Crippen LogP contribution in [0.1, 0.15) is 24.1 Å². The Labute approximate surface area is 94.9 Å². The van der Waals surface area contributed by atoms with E-state index in [1.54, 1.807) is 0 Å². The first-order valence-electron chi connectivity index (χ1n) is 5.90. The number of fused-ring (bicyclic) bond motifs is 1. The molecule has 1 saturated heterocycles. The Hall–Kier alpha value is -1.36. The van der Waals surface area contributed by atoms with Crippen LogP contribution in [0.25, 0.3) is 0 Å². The molecule has 0 bridgehead atoms. The van der Waals surface area contributed by atoms with Crippen LogP contribution in [0.3, 0.4) is 0 Å². The summed E-state index contributed by atoms with van der Waals surface area (Å²) in [5.74, 6) is 1.43. The fourth-order valence-corrected chi connectivity index (χ4v) is 2.54. The zero-order chi connectivity index (χ0) is 11.1.